The fourth-order valence-electron chi connectivity index (χ4n) is 1.58. The molecule has 1 heterocycles. The molecule has 106 valence electrons. The Morgan fingerprint density at radius 3 is 2.63 bits per heavy atom. The number of hydrogen-bond donors (Lipinski definition) is 2. The average molecular weight is 305 g/mol. The van der Waals surface area contributed by atoms with Crippen LogP contribution in [0.5, 0.6) is 0 Å². The third-order valence-electron chi connectivity index (χ3n) is 2.66. The van der Waals surface area contributed by atoms with Crippen molar-refractivity contribution in [2.75, 3.05) is 5.32 Å². The first kappa shape index (κ1) is 16.1. The Morgan fingerprint density at radius 2 is 2.05 bits per heavy atom. The molecule has 2 unspecified atom stereocenters. The van der Waals surface area contributed by atoms with E-state index >= 15 is 0 Å². The van der Waals surface area contributed by atoms with E-state index in [0.29, 0.717) is 5.82 Å². The maximum absolute atomic E-state index is 11.9. The Balaban J connectivity index is 2.49. The first-order chi connectivity index (χ1) is 8.88. The van der Waals surface area contributed by atoms with E-state index in [1.165, 1.54) is 6.07 Å². The van der Waals surface area contributed by atoms with Gasteiger partial charge in [-0.25, -0.2) is 9.97 Å². The van der Waals surface area contributed by atoms with Gasteiger partial charge in [-0.2, -0.15) is 0 Å². The molecule has 0 fully saturated rings. The van der Waals surface area contributed by atoms with E-state index < -0.39 is 0 Å². The number of amides is 1. The predicted molar refractivity (Wildman–Crippen MR) is 77.3 cm³/mol. The van der Waals surface area contributed by atoms with Crippen LogP contribution in [-0.4, -0.2) is 21.9 Å². The third kappa shape index (κ3) is 6.18. The molecular weight excluding hydrogens is 287 g/mol. The molecule has 7 heteroatoms. The van der Waals surface area contributed by atoms with Crippen molar-refractivity contribution in [1.82, 2.24) is 9.97 Å². The maximum atomic E-state index is 11.9. The summed E-state index contributed by atoms with van der Waals surface area (Å²) in [7, 11) is 0. The van der Waals surface area contributed by atoms with Gasteiger partial charge in [0, 0.05) is 18.0 Å². The second-order valence-corrected chi connectivity index (χ2v) is 5.37. The van der Waals surface area contributed by atoms with Crippen LogP contribution in [0.3, 0.4) is 0 Å². The Labute approximate surface area is 122 Å². The fraction of sp³-hybridized carbons (Fsp3) is 0.583. The molecule has 1 aromatic heterocycles. The summed E-state index contributed by atoms with van der Waals surface area (Å²) in [5, 5.41) is 2.87. The molecule has 0 saturated heterocycles. The van der Waals surface area contributed by atoms with Crippen molar-refractivity contribution < 1.29 is 4.79 Å². The van der Waals surface area contributed by atoms with Gasteiger partial charge in [0.2, 0.25) is 11.2 Å². The number of anilines is 1. The lowest BCUT2D eigenvalue weighted by atomic mass is 10.0. The summed E-state index contributed by atoms with van der Waals surface area (Å²) < 4.78 is 0. The number of nitrogens with one attached hydrogen (secondary N) is 1. The Hall–Kier alpha value is -0.910. The molecule has 0 aliphatic carbocycles. The number of nitrogens with two attached hydrogens (primary N) is 1. The van der Waals surface area contributed by atoms with E-state index in [1.807, 2.05) is 13.8 Å². The third-order valence-corrected chi connectivity index (χ3v) is 3.03. The normalized spacial score (nSPS) is 13.9. The van der Waals surface area contributed by atoms with E-state index in [9.17, 15) is 4.79 Å². The zero-order valence-electron chi connectivity index (χ0n) is 11.0. The standard InChI is InChI=1S/C12H18Cl2N4O/c1-7(4-3-5-8(2)15)11(19)17-10-6-9(13)16-12(14)18-10/h6-8H,3-5,15H2,1-2H3,(H,16,17,18,19). The Bertz CT molecular complexity index is 419. The monoisotopic (exact) mass is 304 g/mol. The van der Waals surface area contributed by atoms with Crippen molar-refractivity contribution in [3.05, 3.63) is 16.5 Å². The number of carbonyl (C=O) groups excluding carboxylic acids is 1. The van der Waals surface area contributed by atoms with Gasteiger partial charge in [0.25, 0.3) is 0 Å². The number of halogens is 2. The average Bonchev–Trinajstić information content (AvgIpc) is 2.26. The second-order valence-electron chi connectivity index (χ2n) is 4.64. The van der Waals surface area contributed by atoms with Crippen molar-refractivity contribution in [2.24, 2.45) is 11.7 Å². The molecule has 0 bridgehead atoms. The highest BCUT2D eigenvalue weighted by atomic mass is 35.5. The second kappa shape index (κ2) is 7.62. The highest BCUT2D eigenvalue weighted by molar-refractivity contribution is 6.32. The van der Waals surface area contributed by atoms with Gasteiger partial charge in [0.1, 0.15) is 11.0 Å². The van der Waals surface area contributed by atoms with Crippen molar-refractivity contribution in [3.63, 3.8) is 0 Å². The van der Waals surface area contributed by atoms with Crippen molar-refractivity contribution >= 4 is 34.9 Å². The molecule has 5 nitrogen and oxygen atoms in total. The zero-order chi connectivity index (χ0) is 14.4. The Kier molecular flexibility index (Phi) is 6.48. The predicted octanol–water partition coefficient (Wildman–Crippen LogP) is 2.88. The molecule has 0 saturated carbocycles. The molecule has 1 rings (SSSR count). The minimum Gasteiger partial charge on any atom is -0.328 e. The van der Waals surface area contributed by atoms with Gasteiger partial charge >= 0.3 is 0 Å². The van der Waals surface area contributed by atoms with Crippen LogP contribution >= 0.6 is 23.2 Å². The molecule has 0 aliphatic rings. The number of aromatic nitrogens is 2. The Morgan fingerprint density at radius 1 is 1.37 bits per heavy atom. The molecule has 0 aromatic carbocycles. The van der Waals surface area contributed by atoms with Crippen LogP contribution < -0.4 is 11.1 Å². The molecule has 2 atom stereocenters. The summed E-state index contributed by atoms with van der Waals surface area (Å²) in [6.45, 7) is 3.82. The van der Waals surface area contributed by atoms with Crippen molar-refractivity contribution in [3.8, 4) is 0 Å². The van der Waals surface area contributed by atoms with Crippen LogP contribution in [0.1, 0.15) is 33.1 Å². The summed E-state index contributed by atoms with van der Waals surface area (Å²) in [4.78, 5) is 19.5. The van der Waals surface area contributed by atoms with E-state index in [0.717, 1.165) is 19.3 Å². The molecule has 0 spiro atoms. The maximum Gasteiger partial charge on any atom is 0.228 e. The number of nitrogens with zero attached hydrogens (tertiary/aromatic N) is 2. The lowest BCUT2D eigenvalue weighted by molar-refractivity contribution is -0.119. The van der Waals surface area contributed by atoms with Crippen LogP contribution in [0.15, 0.2) is 6.07 Å². The number of hydrogen-bond acceptors (Lipinski definition) is 4. The van der Waals surface area contributed by atoms with E-state index in [1.54, 1.807) is 0 Å². The highest BCUT2D eigenvalue weighted by Crippen LogP contribution is 2.16. The fourth-order valence-corrected chi connectivity index (χ4v) is 1.99. The summed E-state index contributed by atoms with van der Waals surface area (Å²) in [6, 6.07) is 1.62. The molecule has 0 aliphatic heterocycles. The van der Waals surface area contributed by atoms with Crippen LogP contribution in [0.2, 0.25) is 10.4 Å². The van der Waals surface area contributed by atoms with Gasteiger partial charge in [-0.15, -0.1) is 0 Å². The zero-order valence-corrected chi connectivity index (χ0v) is 12.5. The smallest absolute Gasteiger partial charge is 0.228 e. The van der Waals surface area contributed by atoms with Crippen LogP contribution in [-0.2, 0) is 4.79 Å². The molecular formula is C12H18Cl2N4O. The van der Waals surface area contributed by atoms with Gasteiger partial charge < -0.3 is 11.1 Å². The number of rotatable bonds is 6. The van der Waals surface area contributed by atoms with Gasteiger partial charge in [0.05, 0.1) is 0 Å². The van der Waals surface area contributed by atoms with Gasteiger partial charge in [-0.05, 0) is 31.4 Å². The molecule has 3 N–H and O–H groups in total. The van der Waals surface area contributed by atoms with Gasteiger partial charge in [0.15, 0.2) is 0 Å². The molecule has 19 heavy (non-hydrogen) atoms. The molecule has 1 aromatic rings. The van der Waals surface area contributed by atoms with E-state index in [-0.39, 0.29) is 28.3 Å². The molecule has 0 radical (unpaired) electrons. The van der Waals surface area contributed by atoms with Crippen molar-refractivity contribution in [2.45, 2.75) is 39.2 Å². The van der Waals surface area contributed by atoms with Gasteiger partial charge in [-0.3, -0.25) is 4.79 Å². The summed E-state index contributed by atoms with van der Waals surface area (Å²) in [5.41, 5.74) is 5.66. The van der Waals surface area contributed by atoms with E-state index in [4.69, 9.17) is 28.9 Å². The van der Waals surface area contributed by atoms with Crippen LogP contribution in [0, 0.1) is 5.92 Å². The number of carbonyl (C=O) groups is 1. The summed E-state index contributed by atoms with van der Waals surface area (Å²) >= 11 is 11.4. The van der Waals surface area contributed by atoms with E-state index in [2.05, 4.69) is 15.3 Å². The topological polar surface area (TPSA) is 80.9 Å². The quantitative estimate of drug-likeness (QED) is 0.625. The summed E-state index contributed by atoms with van der Waals surface area (Å²) in [5.74, 6) is 0.0795. The lowest BCUT2D eigenvalue weighted by Gasteiger charge is -2.12. The van der Waals surface area contributed by atoms with Gasteiger partial charge in [-0.1, -0.05) is 24.9 Å². The molecule has 1 amide bonds. The first-order valence-electron chi connectivity index (χ1n) is 6.15. The van der Waals surface area contributed by atoms with Crippen LogP contribution in [0.25, 0.3) is 0 Å². The van der Waals surface area contributed by atoms with Crippen LogP contribution in [0.4, 0.5) is 5.82 Å². The summed E-state index contributed by atoms with van der Waals surface area (Å²) in [6.07, 6.45) is 2.60. The largest absolute Gasteiger partial charge is 0.328 e. The lowest BCUT2D eigenvalue weighted by Crippen LogP contribution is -2.22. The minimum absolute atomic E-state index is 0.00686. The van der Waals surface area contributed by atoms with Crippen molar-refractivity contribution in [1.29, 1.82) is 0 Å². The SMILES string of the molecule is CC(N)CCCC(C)C(=O)Nc1cc(Cl)nc(Cl)n1. The highest BCUT2D eigenvalue weighted by Gasteiger charge is 2.14. The first-order valence-corrected chi connectivity index (χ1v) is 6.90. The minimum atomic E-state index is -0.119.